The van der Waals surface area contributed by atoms with Crippen LogP contribution in [0.25, 0.3) is 5.70 Å². The molecule has 1 heteroatoms. The molecule has 0 saturated carbocycles. The Kier molecular flexibility index (Phi) is 6.91. The first-order valence-corrected chi connectivity index (χ1v) is 8.48. The van der Waals surface area contributed by atoms with Gasteiger partial charge < -0.3 is 0 Å². The van der Waals surface area contributed by atoms with E-state index in [1.165, 1.54) is 0 Å². The molecule has 0 bridgehead atoms. The van der Waals surface area contributed by atoms with Crippen LogP contribution in [0.5, 0.6) is 0 Å². The van der Waals surface area contributed by atoms with Crippen molar-refractivity contribution in [1.82, 2.24) is 0 Å². The highest BCUT2D eigenvalue weighted by molar-refractivity contribution is 6.01. The van der Waals surface area contributed by atoms with Crippen LogP contribution in [-0.4, -0.2) is 5.71 Å². The third-order valence-corrected chi connectivity index (χ3v) is 3.91. The van der Waals surface area contributed by atoms with Crippen LogP contribution in [0.1, 0.15) is 31.9 Å². The van der Waals surface area contributed by atoms with Gasteiger partial charge in [-0.25, -0.2) is 0 Å². The summed E-state index contributed by atoms with van der Waals surface area (Å²) in [5, 5.41) is 0. The summed E-state index contributed by atoms with van der Waals surface area (Å²) in [7, 11) is 0. The molecule has 0 atom stereocenters. The minimum atomic E-state index is 0.917. The fourth-order valence-electron chi connectivity index (χ4n) is 2.34. The number of allylic oxidation sites excluding steroid dienone is 6. The van der Waals surface area contributed by atoms with E-state index < -0.39 is 0 Å². The molecule has 2 rings (SSSR count). The van der Waals surface area contributed by atoms with Crippen molar-refractivity contribution < 1.29 is 0 Å². The second kappa shape index (κ2) is 9.39. The normalized spacial score (nSPS) is 13.3. The second-order valence-electron chi connectivity index (χ2n) is 5.86. The van der Waals surface area contributed by atoms with Crippen LogP contribution in [0, 0.1) is 0 Å². The lowest BCUT2D eigenvalue weighted by Gasteiger charge is -2.08. The Morgan fingerprint density at radius 2 is 1.44 bits per heavy atom. The van der Waals surface area contributed by atoms with Crippen LogP contribution in [0.4, 0.5) is 0 Å². The monoisotopic (exact) mass is 327 g/mol. The predicted octanol–water partition coefficient (Wildman–Crippen LogP) is 6.62. The summed E-state index contributed by atoms with van der Waals surface area (Å²) in [6.07, 6.45) is 8.15. The zero-order chi connectivity index (χ0) is 18.1. The van der Waals surface area contributed by atoms with Gasteiger partial charge in [0, 0.05) is 11.3 Å². The van der Waals surface area contributed by atoms with Crippen molar-refractivity contribution >= 4 is 11.4 Å². The lowest BCUT2D eigenvalue weighted by atomic mass is 10.0. The van der Waals surface area contributed by atoms with E-state index in [4.69, 9.17) is 4.99 Å². The van der Waals surface area contributed by atoms with Gasteiger partial charge in [-0.3, -0.25) is 4.99 Å². The third-order valence-electron chi connectivity index (χ3n) is 3.91. The molecule has 0 N–H and O–H groups in total. The van der Waals surface area contributed by atoms with E-state index in [-0.39, 0.29) is 0 Å². The minimum absolute atomic E-state index is 0.917. The van der Waals surface area contributed by atoms with Crippen LogP contribution < -0.4 is 0 Å². The lowest BCUT2D eigenvalue weighted by Crippen LogP contribution is -1.95. The Balaban J connectivity index is 2.44. The highest BCUT2D eigenvalue weighted by Gasteiger charge is 2.04. The fourth-order valence-corrected chi connectivity index (χ4v) is 2.34. The predicted molar refractivity (Wildman–Crippen MR) is 111 cm³/mol. The van der Waals surface area contributed by atoms with Gasteiger partial charge in [0.05, 0.1) is 5.70 Å². The molecule has 25 heavy (non-hydrogen) atoms. The molecule has 0 saturated heterocycles. The summed E-state index contributed by atoms with van der Waals surface area (Å²) in [5.74, 6) is 0. The summed E-state index contributed by atoms with van der Waals surface area (Å²) in [4.78, 5) is 4.89. The minimum Gasteiger partial charge on any atom is -0.252 e. The molecule has 1 nitrogen and oxygen atoms in total. The average Bonchev–Trinajstić information content (AvgIpc) is 2.66. The van der Waals surface area contributed by atoms with Crippen molar-refractivity contribution in [2.24, 2.45) is 4.99 Å². The molecule has 0 aliphatic rings. The van der Waals surface area contributed by atoms with Crippen molar-refractivity contribution in [3.05, 3.63) is 114 Å². The van der Waals surface area contributed by atoms with E-state index >= 15 is 0 Å². The molecule has 0 aliphatic heterocycles. The maximum atomic E-state index is 4.89. The van der Waals surface area contributed by atoms with Crippen molar-refractivity contribution in [3.8, 4) is 0 Å². The van der Waals surface area contributed by atoms with Gasteiger partial charge in [-0.15, -0.1) is 0 Å². The summed E-state index contributed by atoms with van der Waals surface area (Å²) >= 11 is 0. The molecular formula is C24H25N. The quantitative estimate of drug-likeness (QED) is 0.418. The molecule has 0 radical (unpaired) electrons. The van der Waals surface area contributed by atoms with E-state index in [1.807, 2.05) is 62.4 Å². The van der Waals surface area contributed by atoms with E-state index in [1.54, 1.807) is 0 Å². The topological polar surface area (TPSA) is 12.4 Å². The summed E-state index contributed by atoms with van der Waals surface area (Å²) in [6, 6.07) is 20.5. The van der Waals surface area contributed by atoms with Crippen molar-refractivity contribution in [3.63, 3.8) is 0 Å². The van der Waals surface area contributed by atoms with E-state index in [2.05, 4.69) is 49.9 Å². The second-order valence-corrected chi connectivity index (χ2v) is 5.86. The third kappa shape index (κ3) is 5.58. The van der Waals surface area contributed by atoms with Crippen LogP contribution in [0.3, 0.4) is 0 Å². The molecule has 2 aromatic carbocycles. The number of benzene rings is 2. The summed E-state index contributed by atoms with van der Waals surface area (Å²) < 4.78 is 0. The zero-order valence-corrected chi connectivity index (χ0v) is 15.2. The van der Waals surface area contributed by atoms with Gasteiger partial charge in [0.2, 0.25) is 0 Å². The van der Waals surface area contributed by atoms with Crippen molar-refractivity contribution in [2.75, 3.05) is 0 Å². The van der Waals surface area contributed by atoms with Gasteiger partial charge in [-0.1, -0.05) is 85.5 Å². The van der Waals surface area contributed by atoms with Gasteiger partial charge >= 0.3 is 0 Å². The fraction of sp³-hybridized carbons (Fsp3) is 0.125. The molecule has 2 aromatic rings. The van der Waals surface area contributed by atoms with Gasteiger partial charge in [0.25, 0.3) is 0 Å². The smallest absolute Gasteiger partial charge is 0.0711 e. The number of nitrogens with zero attached hydrogens (tertiary/aromatic N) is 1. The molecule has 0 aromatic heterocycles. The van der Waals surface area contributed by atoms with E-state index in [0.29, 0.717) is 0 Å². The number of aliphatic imine (C=N–C) groups is 1. The molecule has 0 heterocycles. The molecule has 0 aliphatic carbocycles. The van der Waals surface area contributed by atoms with Crippen LogP contribution in [0.2, 0.25) is 0 Å². The average molecular weight is 327 g/mol. The Labute approximate surface area is 151 Å². The first-order valence-electron chi connectivity index (χ1n) is 8.48. The number of rotatable bonds is 6. The summed E-state index contributed by atoms with van der Waals surface area (Å²) in [5.41, 5.74) is 6.19. The van der Waals surface area contributed by atoms with Crippen molar-refractivity contribution in [2.45, 2.75) is 20.8 Å². The molecule has 126 valence electrons. The zero-order valence-electron chi connectivity index (χ0n) is 15.2. The van der Waals surface area contributed by atoms with E-state index in [0.717, 1.165) is 33.7 Å². The summed E-state index contributed by atoms with van der Waals surface area (Å²) in [6.45, 7) is 10.3. The van der Waals surface area contributed by atoms with Gasteiger partial charge in [-0.05, 0) is 43.6 Å². The largest absolute Gasteiger partial charge is 0.252 e. The highest BCUT2D eigenvalue weighted by atomic mass is 14.8. The standard InChI is InChI=1S/C24H25N/c1-5-6-13-19(2)20(3)18-24(23-16-11-8-12-17-23)25-21(4)22-14-9-7-10-15-22/h5-18H,3H2,1-2,4H3/b6-5-,19-13+,24-18-,25-21?. The Morgan fingerprint density at radius 1 is 0.880 bits per heavy atom. The molecule has 0 fully saturated rings. The highest BCUT2D eigenvalue weighted by Crippen LogP contribution is 2.22. The lowest BCUT2D eigenvalue weighted by molar-refractivity contribution is 1.41. The first kappa shape index (κ1) is 18.4. The Morgan fingerprint density at radius 3 is 2.00 bits per heavy atom. The van der Waals surface area contributed by atoms with E-state index in [9.17, 15) is 0 Å². The van der Waals surface area contributed by atoms with Gasteiger partial charge in [-0.2, -0.15) is 0 Å². The molecule has 0 spiro atoms. The van der Waals surface area contributed by atoms with Crippen LogP contribution >= 0.6 is 0 Å². The number of hydrogen-bond donors (Lipinski definition) is 0. The maximum Gasteiger partial charge on any atom is 0.0711 e. The van der Waals surface area contributed by atoms with Crippen LogP contribution in [0.15, 0.2) is 108 Å². The Bertz CT molecular complexity index is 819. The maximum absolute atomic E-state index is 4.89. The molecule has 0 amide bonds. The van der Waals surface area contributed by atoms with Crippen molar-refractivity contribution in [1.29, 1.82) is 0 Å². The first-order chi connectivity index (χ1) is 12.1. The number of hydrogen-bond acceptors (Lipinski definition) is 1. The Hall–Kier alpha value is -2.93. The molecule has 0 unspecified atom stereocenters. The van der Waals surface area contributed by atoms with Crippen LogP contribution in [-0.2, 0) is 0 Å². The van der Waals surface area contributed by atoms with Gasteiger partial charge in [0.15, 0.2) is 0 Å². The SMILES string of the molecule is C=C(/C=C(\N=C(C)c1ccccc1)c1ccccc1)/C(C)=C/C=C\C. The van der Waals surface area contributed by atoms with Gasteiger partial charge in [0.1, 0.15) is 0 Å². The molecular weight excluding hydrogens is 302 g/mol.